The van der Waals surface area contributed by atoms with E-state index in [1.165, 1.54) is 12.1 Å². The second kappa shape index (κ2) is 6.42. The van der Waals surface area contributed by atoms with Gasteiger partial charge in [-0.2, -0.15) is 5.10 Å². The third-order valence-corrected chi connectivity index (χ3v) is 5.83. The fraction of sp³-hybridized carbons (Fsp3) is 0.500. The number of rotatable bonds is 2. The summed E-state index contributed by atoms with van der Waals surface area (Å²) in [5.41, 5.74) is 3.44. The smallest absolute Gasteiger partial charge is 0.274 e. The summed E-state index contributed by atoms with van der Waals surface area (Å²) in [6.07, 6.45) is 4.15. The molecule has 0 saturated carbocycles. The highest BCUT2D eigenvalue weighted by Crippen LogP contribution is 2.33. The van der Waals surface area contributed by atoms with E-state index in [-0.39, 0.29) is 11.7 Å². The van der Waals surface area contributed by atoms with E-state index >= 15 is 0 Å². The summed E-state index contributed by atoms with van der Waals surface area (Å²) >= 11 is 0. The fourth-order valence-electron chi connectivity index (χ4n) is 4.39. The Morgan fingerprint density at radius 2 is 1.78 bits per heavy atom. The Hall–Kier alpha value is -2.25. The minimum Gasteiger partial charge on any atom is -0.347 e. The molecule has 0 bridgehead atoms. The zero-order valence-electron chi connectivity index (χ0n) is 15.1. The van der Waals surface area contributed by atoms with Gasteiger partial charge in [-0.3, -0.25) is 4.79 Å². The lowest BCUT2D eigenvalue weighted by molar-refractivity contribution is -0.181. The number of carbonyl (C=O) groups excluding carboxylic acids is 1. The van der Waals surface area contributed by atoms with Crippen molar-refractivity contribution in [3.05, 3.63) is 47.0 Å². The van der Waals surface area contributed by atoms with Crippen molar-refractivity contribution in [1.82, 2.24) is 14.7 Å². The number of aromatic nitrogens is 2. The van der Waals surface area contributed by atoms with Crippen LogP contribution in [-0.4, -0.2) is 52.7 Å². The molecule has 0 atom stereocenters. The van der Waals surface area contributed by atoms with Gasteiger partial charge < -0.3 is 14.4 Å². The third kappa shape index (κ3) is 2.85. The summed E-state index contributed by atoms with van der Waals surface area (Å²) in [5, 5.41) is 4.64. The summed E-state index contributed by atoms with van der Waals surface area (Å²) in [6, 6.07) is 6.25. The quantitative estimate of drug-likeness (QED) is 0.814. The van der Waals surface area contributed by atoms with Crippen molar-refractivity contribution < 1.29 is 18.7 Å². The lowest BCUT2D eigenvalue weighted by Crippen LogP contribution is -2.47. The third-order valence-electron chi connectivity index (χ3n) is 5.83. The van der Waals surface area contributed by atoms with Gasteiger partial charge in [-0.15, -0.1) is 0 Å². The fourth-order valence-corrected chi connectivity index (χ4v) is 4.39. The maximum atomic E-state index is 13.3. The Labute approximate surface area is 156 Å². The molecule has 2 aliphatic heterocycles. The number of fused-ring (bicyclic) bond motifs is 1. The van der Waals surface area contributed by atoms with Gasteiger partial charge in [0.1, 0.15) is 5.82 Å². The normalized spacial score (nSPS) is 21.0. The van der Waals surface area contributed by atoms with Crippen molar-refractivity contribution in [1.29, 1.82) is 0 Å². The van der Waals surface area contributed by atoms with Crippen molar-refractivity contribution in [2.24, 2.45) is 0 Å². The van der Waals surface area contributed by atoms with Crippen LogP contribution in [0.3, 0.4) is 0 Å². The van der Waals surface area contributed by atoms with Crippen molar-refractivity contribution >= 4 is 5.91 Å². The van der Waals surface area contributed by atoms with E-state index in [0.29, 0.717) is 44.8 Å². The minimum atomic E-state index is -0.494. The Kier molecular flexibility index (Phi) is 4.02. The second-order valence-corrected chi connectivity index (χ2v) is 7.42. The van der Waals surface area contributed by atoms with Gasteiger partial charge in [0.15, 0.2) is 11.5 Å². The van der Waals surface area contributed by atoms with Gasteiger partial charge in [0, 0.05) is 37.2 Å². The van der Waals surface area contributed by atoms with Crippen LogP contribution in [0.1, 0.15) is 41.0 Å². The van der Waals surface area contributed by atoms with Crippen molar-refractivity contribution in [2.75, 3.05) is 26.3 Å². The topological polar surface area (TPSA) is 56.6 Å². The van der Waals surface area contributed by atoms with Gasteiger partial charge in [0.2, 0.25) is 0 Å². The lowest BCUT2D eigenvalue weighted by Gasteiger charge is -2.37. The van der Waals surface area contributed by atoms with E-state index in [1.807, 2.05) is 9.58 Å². The second-order valence-electron chi connectivity index (χ2n) is 7.42. The molecule has 1 amide bonds. The first kappa shape index (κ1) is 16.9. The Balaban J connectivity index is 1.41. The van der Waals surface area contributed by atoms with Gasteiger partial charge in [-0.1, -0.05) is 0 Å². The molecule has 142 valence electrons. The number of piperidine rings is 1. The molecular weight excluding hydrogens is 349 g/mol. The molecular formula is C20H22FN3O3. The number of ether oxygens (including phenoxy) is 2. The molecule has 3 aliphatic rings. The largest absolute Gasteiger partial charge is 0.347 e. The highest BCUT2D eigenvalue weighted by atomic mass is 19.1. The molecule has 0 N–H and O–H groups in total. The van der Waals surface area contributed by atoms with E-state index < -0.39 is 5.79 Å². The number of nitrogens with zero attached hydrogens (tertiary/aromatic N) is 3. The van der Waals surface area contributed by atoms with Crippen LogP contribution in [0.4, 0.5) is 4.39 Å². The van der Waals surface area contributed by atoms with Crippen LogP contribution in [0.25, 0.3) is 5.69 Å². The lowest BCUT2D eigenvalue weighted by atomic mass is 10.0. The van der Waals surface area contributed by atoms with Gasteiger partial charge in [0.05, 0.1) is 18.9 Å². The number of likely N-dealkylation sites (tertiary alicyclic amines) is 1. The van der Waals surface area contributed by atoms with Crippen LogP contribution in [0.5, 0.6) is 0 Å². The number of carbonyl (C=O) groups is 1. The molecule has 2 aromatic rings. The highest BCUT2D eigenvalue weighted by Gasteiger charge is 2.41. The van der Waals surface area contributed by atoms with Gasteiger partial charge in [-0.25, -0.2) is 9.07 Å². The Morgan fingerprint density at radius 1 is 1.07 bits per heavy atom. The first-order valence-electron chi connectivity index (χ1n) is 9.59. The van der Waals surface area contributed by atoms with E-state index in [9.17, 15) is 9.18 Å². The number of hydrogen-bond donors (Lipinski definition) is 0. The summed E-state index contributed by atoms with van der Waals surface area (Å²) in [6.45, 7) is 2.47. The average Bonchev–Trinajstić information content (AvgIpc) is 3.40. The van der Waals surface area contributed by atoms with Crippen LogP contribution in [0.15, 0.2) is 24.3 Å². The molecule has 5 rings (SSSR count). The molecule has 1 aromatic heterocycles. The van der Waals surface area contributed by atoms with Crippen molar-refractivity contribution in [3.8, 4) is 5.69 Å². The Bertz CT molecular complexity index is 861. The molecule has 2 fully saturated rings. The highest BCUT2D eigenvalue weighted by molar-refractivity contribution is 5.94. The predicted molar refractivity (Wildman–Crippen MR) is 95.3 cm³/mol. The molecule has 1 spiro atoms. The molecule has 1 aromatic carbocycles. The molecule has 27 heavy (non-hydrogen) atoms. The minimum absolute atomic E-state index is 0.0261. The van der Waals surface area contributed by atoms with E-state index in [4.69, 9.17) is 9.47 Å². The Morgan fingerprint density at radius 3 is 2.48 bits per heavy atom. The SMILES string of the molecule is O=C(c1nn(-c2ccc(F)cc2)c2c1CCC2)N1CCC2(CC1)OCCO2. The van der Waals surface area contributed by atoms with Crippen molar-refractivity contribution in [3.63, 3.8) is 0 Å². The number of halogens is 1. The first-order chi connectivity index (χ1) is 13.2. The van der Waals surface area contributed by atoms with Crippen LogP contribution in [0, 0.1) is 5.82 Å². The molecule has 7 heteroatoms. The van der Waals surface area contributed by atoms with E-state index in [0.717, 1.165) is 36.2 Å². The van der Waals surface area contributed by atoms with Gasteiger partial charge in [-0.05, 0) is 43.5 Å². The van der Waals surface area contributed by atoms with E-state index in [1.54, 1.807) is 12.1 Å². The molecule has 0 unspecified atom stereocenters. The van der Waals surface area contributed by atoms with Crippen LogP contribution in [0.2, 0.25) is 0 Å². The molecule has 0 radical (unpaired) electrons. The van der Waals surface area contributed by atoms with Gasteiger partial charge in [0.25, 0.3) is 5.91 Å². The zero-order chi connectivity index (χ0) is 18.4. The maximum absolute atomic E-state index is 13.3. The number of amides is 1. The standard InChI is InChI=1S/C20H22FN3O3/c21-14-4-6-15(7-5-14)24-17-3-1-2-16(17)18(22-24)19(25)23-10-8-20(9-11-23)26-12-13-27-20/h4-7H,1-3,8-13H2. The number of hydrogen-bond acceptors (Lipinski definition) is 4. The van der Waals surface area contributed by atoms with Crippen molar-refractivity contribution in [2.45, 2.75) is 37.9 Å². The van der Waals surface area contributed by atoms with Crippen LogP contribution < -0.4 is 0 Å². The molecule has 2 saturated heterocycles. The summed E-state index contributed by atoms with van der Waals surface area (Å²) < 4.78 is 26.6. The predicted octanol–water partition coefficient (Wildman–Crippen LogP) is 2.48. The first-order valence-corrected chi connectivity index (χ1v) is 9.59. The summed E-state index contributed by atoms with van der Waals surface area (Å²) in [5.74, 6) is -0.800. The molecule has 6 nitrogen and oxygen atoms in total. The monoisotopic (exact) mass is 371 g/mol. The van der Waals surface area contributed by atoms with E-state index in [2.05, 4.69) is 5.10 Å². The molecule has 1 aliphatic carbocycles. The summed E-state index contributed by atoms with van der Waals surface area (Å²) in [4.78, 5) is 15.0. The average molecular weight is 371 g/mol. The number of benzene rings is 1. The molecule has 3 heterocycles. The maximum Gasteiger partial charge on any atom is 0.274 e. The van der Waals surface area contributed by atoms with Crippen LogP contribution >= 0.6 is 0 Å². The van der Waals surface area contributed by atoms with Crippen LogP contribution in [-0.2, 0) is 22.3 Å². The zero-order valence-corrected chi connectivity index (χ0v) is 15.1. The van der Waals surface area contributed by atoms with Gasteiger partial charge >= 0.3 is 0 Å². The summed E-state index contributed by atoms with van der Waals surface area (Å²) in [7, 11) is 0.